The number of carbonyl (C=O) groups excluding carboxylic acids is 2. The van der Waals surface area contributed by atoms with E-state index in [1.807, 2.05) is 11.0 Å². The van der Waals surface area contributed by atoms with Gasteiger partial charge in [-0.25, -0.2) is 0 Å². The van der Waals surface area contributed by atoms with Crippen molar-refractivity contribution in [3.8, 4) is 0 Å². The lowest BCUT2D eigenvalue weighted by Crippen LogP contribution is -2.55. The standard InChI is InChI=1S/C24H35N3O2/c1-20(23(29)26-14-5-6-15-26)25-17-12-24(13-18-25)11-9-22(28)27(19-24)16-10-21-7-3-2-4-8-21/h2-4,7-8,20H,5-6,9-19H2,1H3/t20-/m1/s1. The van der Waals surface area contributed by atoms with Crippen molar-refractivity contribution in [1.29, 1.82) is 0 Å². The van der Waals surface area contributed by atoms with E-state index in [9.17, 15) is 9.59 Å². The number of rotatable bonds is 5. The van der Waals surface area contributed by atoms with E-state index in [0.29, 0.717) is 18.2 Å². The van der Waals surface area contributed by atoms with E-state index in [2.05, 4.69) is 41.0 Å². The SMILES string of the molecule is C[C@H](C(=O)N1CCCC1)N1CCC2(CCC(=O)N(CCc3ccccc3)C2)CC1. The first kappa shape index (κ1) is 20.4. The van der Waals surface area contributed by atoms with E-state index >= 15 is 0 Å². The molecule has 0 bridgehead atoms. The van der Waals surface area contributed by atoms with Gasteiger partial charge in [-0.2, -0.15) is 0 Å². The average Bonchev–Trinajstić information content (AvgIpc) is 3.30. The number of likely N-dealkylation sites (tertiary alicyclic amines) is 3. The van der Waals surface area contributed by atoms with Crippen LogP contribution in [0.1, 0.15) is 51.0 Å². The van der Waals surface area contributed by atoms with Gasteiger partial charge >= 0.3 is 0 Å². The largest absolute Gasteiger partial charge is 0.342 e. The van der Waals surface area contributed by atoms with Crippen LogP contribution < -0.4 is 0 Å². The third-order valence-corrected chi connectivity index (χ3v) is 7.44. The van der Waals surface area contributed by atoms with E-state index in [1.54, 1.807) is 0 Å². The number of hydrogen-bond acceptors (Lipinski definition) is 3. The molecule has 3 aliphatic rings. The van der Waals surface area contributed by atoms with Gasteiger partial charge in [0.2, 0.25) is 11.8 Å². The highest BCUT2D eigenvalue weighted by Gasteiger charge is 2.42. The minimum absolute atomic E-state index is 0.00939. The van der Waals surface area contributed by atoms with Crippen molar-refractivity contribution in [2.75, 3.05) is 39.3 Å². The molecule has 0 radical (unpaired) electrons. The maximum Gasteiger partial charge on any atom is 0.239 e. The molecule has 5 nitrogen and oxygen atoms in total. The van der Waals surface area contributed by atoms with Crippen molar-refractivity contribution in [3.05, 3.63) is 35.9 Å². The van der Waals surface area contributed by atoms with E-state index in [0.717, 1.165) is 77.8 Å². The Hall–Kier alpha value is -1.88. The number of carbonyl (C=O) groups is 2. The summed E-state index contributed by atoms with van der Waals surface area (Å²) in [6.45, 7) is 7.59. The summed E-state index contributed by atoms with van der Waals surface area (Å²) in [5.74, 6) is 0.619. The Kier molecular flexibility index (Phi) is 6.23. The minimum atomic E-state index is -0.00939. The predicted octanol–water partition coefficient (Wildman–Crippen LogP) is 2.94. The van der Waals surface area contributed by atoms with Crippen LogP contribution in [0, 0.1) is 5.41 Å². The molecule has 3 fully saturated rings. The van der Waals surface area contributed by atoms with Crippen LogP contribution in [0.25, 0.3) is 0 Å². The summed E-state index contributed by atoms with van der Waals surface area (Å²) in [5.41, 5.74) is 1.54. The molecule has 0 unspecified atom stereocenters. The molecule has 0 aliphatic carbocycles. The molecule has 0 N–H and O–H groups in total. The van der Waals surface area contributed by atoms with Gasteiger partial charge in [-0.1, -0.05) is 30.3 Å². The van der Waals surface area contributed by atoms with Crippen molar-refractivity contribution in [3.63, 3.8) is 0 Å². The Bertz CT molecular complexity index is 706. The first-order valence-corrected chi connectivity index (χ1v) is 11.4. The molecule has 4 rings (SSSR count). The number of benzene rings is 1. The van der Waals surface area contributed by atoms with Crippen molar-refractivity contribution in [1.82, 2.24) is 14.7 Å². The average molecular weight is 398 g/mol. The highest BCUT2D eigenvalue weighted by atomic mass is 16.2. The summed E-state index contributed by atoms with van der Waals surface area (Å²) in [7, 11) is 0. The lowest BCUT2D eigenvalue weighted by molar-refractivity contribution is -0.140. The number of nitrogens with zero attached hydrogens (tertiary/aromatic N) is 3. The molecule has 3 aliphatic heterocycles. The van der Waals surface area contributed by atoms with Crippen LogP contribution in [-0.2, 0) is 16.0 Å². The highest BCUT2D eigenvalue weighted by molar-refractivity contribution is 5.81. The smallest absolute Gasteiger partial charge is 0.239 e. The Morgan fingerprint density at radius 2 is 1.72 bits per heavy atom. The fourth-order valence-corrected chi connectivity index (χ4v) is 5.37. The van der Waals surface area contributed by atoms with E-state index in [-0.39, 0.29) is 11.5 Å². The second-order valence-corrected chi connectivity index (χ2v) is 9.30. The molecule has 3 saturated heterocycles. The third-order valence-electron chi connectivity index (χ3n) is 7.44. The molecule has 0 aromatic heterocycles. The summed E-state index contributed by atoms with van der Waals surface area (Å²) in [6, 6.07) is 10.4. The van der Waals surface area contributed by atoms with Gasteiger partial charge in [-0.05, 0) is 69.5 Å². The van der Waals surface area contributed by atoms with E-state index < -0.39 is 0 Å². The Balaban J connectivity index is 1.31. The normalized spacial score (nSPS) is 23.6. The van der Waals surface area contributed by atoms with Crippen LogP contribution in [0.4, 0.5) is 0 Å². The molecule has 3 heterocycles. The molecular formula is C24H35N3O2. The van der Waals surface area contributed by atoms with Gasteiger partial charge in [0.15, 0.2) is 0 Å². The van der Waals surface area contributed by atoms with Gasteiger partial charge < -0.3 is 9.80 Å². The van der Waals surface area contributed by atoms with Gasteiger partial charge in [-0.3, -0.25) is 14.5 Å². The maximum absolute atomic E-state index is 12.8. The molecule has 158 valence electrons. The molecule has 0 saturated carbocycles. The van der Waals surface area contributed by atoms with Crippen molar-refractivity contribution in [2.45, 2.75) is 57.9 Å². The number of amides is 2. The molecule has 1 aromatic carbocycles. The van der Waals surface area contributed by atoms with Crippen LogP contribution in [-0.4, -0.2) is 71.8 Å². The summed E-state index contributed by atoms with van der Waals surface area (Å²) >= 11 is 0. The van der Waals surface area contributed by atoms with Crippen LogP contribution in [0.5, 0.6) is 0 Å². The highest BCUT2D eigenvalue weighted by Crippen LogP contribution is 2.40. The minimum Gasteiger partial charge on any atom is -0.342 e. The fourth-order valence-electron chi connectivity index (χ4n) is 5.37. The third kappa shape index (κ3) is 4.66. The first-order chi connectivity index (χ1) is 14.1. The molecular weight excluding hydrogens is 362 g/mol. The molecule has 29 heavy (non-hydrogen) atoms. The zero-order valence-corrected chi connectivity index (χ0v) is 17.8. The van der Waals surface area contributed by atoms with Gasteiger partial charge in [0.25, 0.3) is 0 Å². The summed E-state index contributed by atoms with van der Waals surface area (Å²) in [5, 5.41) is 0. The fraction of sp³-hybridized carbons (Fsp3) is 0.667. The summed E-state index contributed by atoms with van der Waals surface area (Å²) < 4.78 is 0. The van der Waals surface area contributed by atoms with Crippen molar-refractivity contribution >= 4 is 11.8 Å². The quantitative estimate of drug-likeness (QED) is 0.767. The van der Waals surface area contributed by atoms with Crippen molar-refractivity contribution in [2.24, 2.45) is 5.41 Å². The molecule has 1 spiro atoms. The molecule has 2 amide bonds. The zero-order chi connectivity index (χ0) is 20.3. The molecule has 1 aromatic rings. The molecule has 1 atom stereocenters. The summed E-state index contributed by atoms with van der Waals surface area (Å²) in [4.78, 5) is 31.8. The number of hydrogen-bond donors (Lipinski definition) is 0. The van der Waals surface area contributed by atoms with E-state index in [1.165, 1.54) is 5.56 Å². The first-order valence-electron chi connectivity index (χ1n) is 11.4. The Morgan fingerprint density at radius 3 is 2.41 bits per heavy atom. The zero-order valence-electron chi connectivity index (χ0n) is 17.8. The molecule has 5 heteroatoms. The van der Waals surface area contributed by atoms with Crippen LogP contribution in [0.15, 0.2) is 30.3 Å². The second kappa shape index (κ2) is 8.86. The monoisotopic (exact) mass is 397 g/mol. The number of piperidine rings is 2. The summed E-state index contributed by atoms with van der Waals surface area (Å²) in [6.07, 6.45) is 7.10. The predicted molar refractivity (Wildman–Crippen MR) is 114 cm³/mol. The van der Waals surface area contributed by atoms with Crippen LogP contribution in [0.3, 0.4) is 0 Å². The topological polar surface area (TPSA) is 43.9 Å². The lowest BCUT2D eigenvalue weighted by Gasteiger charge is -2.48. The second-order valence-electron chi connectivity index (χ2n) is 9.30. The maximum atomic E-state index is 12.8. The van der Waals surface area contributed by atoms with Crippen molar-refractivity contribution < 1.29 is 9.59 Å². The van der Waals surface area contributed by atoms with Crippen LogP contribution in [0.2, 0.25) is 0 Å². The van der Waals surface area contributed by atoms with Gasteiger partial charge in [0, 0.05) is 32.6 Å². The van der Waals surface area contributed by atoms with Crippen LogP contribution >= 0.6 is 0 Å². The van der Waals surface area contributed by atoms with Gasteiger partial charge in [0.1, 0.15) is 0 Å². The van der Waals surface area contributed by atoms with Gasteiger partial charge in [-0.15, -0.1) is 0 Å². The Morgan fingerprint density at radius 1 is 1.03 bits per heavy atom. The Labute approximate surface area is 175 Å². The lowest BCUT2D eigenvalue weighted by atomic mass is 9.72. The van der Waals surface area contributed by atoms with E-state index in [4.69, 9.17) is 0 Å². The van der Waals surface area contributed by atoms with Gasteiger partial charge in [0.05, 0.1) is 6.04 Å².